The van der Waals surface area contributed by atoms with Crippen LogP contribution in [0.15, 0.2) is 36.4 Å². The van der Waals surface area contributed by atoms with E-state index in [9.17, 15) is 74.6 Å². The predicted molar refractivity (Wildman–Crippen MR) is 97.9 cm³/mol. The number of rotatable bonds is 8. The molecule has 0 amide bonds. The lowest BCUT2D eigenvalue weighted by Gasteiger charge is -2.43. The van der Waals surface area contributed by atoms with Crippen LogP contribution in [0.25, 0.3) is 10.8 Å². The van der Waals surface area contributed by atoms with Crippen LogP contribution in [0.3, 0.4) is 0 Å². The number of anilines is 1. The minimum absolute atomic E-state index is 0.00957. The second-order valence-electron chi connectivity index (χ2n) is 8.09. The number of alkyl halides is 17. The summed E-state index contributed by atoms with van der Waals surface area (Å²) in [6, 6.07) is 4.13. The lowest BCUT2D eigenvalue weighted by molar-refractivity contribution is -0.462. The molecule has 2 aromatic rings. The highest BCUT2D eigenvalue weighted by Gasteiger charge is 2.95. The average molecular weight is 589 g/mol. The molecule has 0 aliphatic heterocycles. The maximum Gasteiger partial charge on any atom is 0.460 e. The summed E-state index contributed by atoms with van der Waals surface area (Å²) in [5.41, 5.74) is -2.25. The van der Waals surface area contributed by atoms with Gasteiger partial charge in [0.2, 0.25) is 0 Å². The standard InChI is InChI=1S/C20H12F17N/c1-38(2)12-8-7-11(9-5-3-4-6-10(9)12)13(21,22)14(23,24)15(25,26)16(27,28)17(29,30)18(31,32)19(33,34)20(35,36)37/h3-8H,1-2H3. The molecule has 216 valence electrons. The van der Waals surface area contributed by atoms with Crippen molar-refractivity contribution >= 4 is 16.5 Å². The Kier molecular flexibility index (Phi) is 7.18. The Morgan fingerprint density at radius 1 is 0.447 bits per heavy atom. The molecule has 0 saturated heterocycles. The highest BCUT2D eigenvalue weighted by molar-refractivity contribution is 5.96. The summed E-state index contributed by atoms with van der Waals surface area (Å²) in [4.78, 5) is 1.19. The van der Waals surface area contributed by atoms with E-state index in [1.165, 1.54) is 19.0 Å². The van der Waals surface area contributed by atoms with Gasteiger partial charge in [0, 0.05) is 30.7 Å². The molecule has 2 aromatic carbocycles. The molecule has 0 fully saturated rings. The molecule has 38 heavy (non-hydrogen) atoms. The maximum atomic E-state index is 14.8. The van der Waals surface area contributed by atoms with Crippen molar-refractivity contribution in [2.45, 2.75) is 47.6 Å². The minimum Gasteiger partial charge on any atom is -0.377 e. The predicted octanol–water partition coefficient (Wildman–Crippen LogP) is 8.37. The third kappa shape index (κ3) is 3.91. The summed E-state index contributed by atoms with van der Waals surface area (Å²) in [6.45, 7) is 0. The summed E-state index contributed by atoms with van der Waals surface area (Å²) in [6.07, 6.45) is -7.79. The quantitative estimate of drug-likeness (QED) is 0.280. The van der Waals surface area contributed by atoms with Crippen molar-refractivity contribution in [1.29, 1.82) is 0 Å². The zero-order valence-corrected chi connectivity index (χ0v) is 18.3. The van der Waals surface area contributed by atoms with Gasteiger partial charge in [-0.2, -0.15) is 74.6 Å². The molecule has 0 spiro atoms. The number of hydrogen-bond acceptors (Lipinski definition) is 1. The van der Waals surface area contributed by atoms with Crippen molar-refractivity contribution in [3.63, 3.8) is 0 Å². The van der Waals surface area contributed by atoms with Gasteiger partial charge >= 0.3 is 47.6 Å². The average Bonchev–Trinajstić information content (AvgIpc) is 2.76. The van der Waals surface area contributed by atoms with Gasteiger partial charge in [-0.15, -0.1) is 0 Å². The van der Waals surface area contributed by atoms with Gasteiger partial charge in [0.15, 0.2) is 0 Å². The normalized spacial score (nSPS) is 15.2. The van der Waals surface area contributed by atoms with Crippen LogP contribution < -0.4 is 4.90 Å². The number of benzene rings is 2. The topological polar surface area (TPSA) is 3.24 Å². The molecule has 0 unspecified atom stereocenters. The van der Waals surface area contributed by atoms with E-state index in [1.807, 2.05) is 0 Å². The molecule has 0 bridgehead atoms. The van der Waals surface area contributed by atoms with Crippen molar-refractivity contribution < 1.29 is 74.6 Å². The highest BCUT2D eigenvalue weighted by atomic mass is 19.4. The van der Waals surface area contributed by atoms with Gasteiger partial charge in [-0.3, -0.25) is 0 Å². The third-order valence-corrected chi connectivity index (χ3v) is 5.44. The maximum absolute atomic E-state index is 14.8. The molecule has 0 radical (unpaired) electrons. The lowest BCUT2D eigenvalue weighted by atomic mass is 9.86. The molecule has 0 atom stereocenters. The van der Waals surface area contributed by atoms with E-state index in [4.69, 9.17) is 0 Å². The van der Waals surface area contributed by atoms with Gasteiger partial charge in [0.05, 0.1) is 0 Å². The molecule has 2 rings (SSSR count). The fourth-order valence-corrected chi connectivity index (χ4v) is 3.28. The number of nitrogens with zero attached hydrogens (tertiary/aromatic N) is 1. The molecular weight excluding hydrogens is 577 g/mol. The molecule has 1 nitrogen and oxygen atoms in total. The number of halogens is 17. The van der Waals surface area contributed by atoms with Gasteiger partial charge in [-0.05, 0) is 11.5 Å². The molecule has 0 heterocycles. The fraction of sp³-hybridized carbons (Fsp3) is 0.500. The Morgan fingerprint density at radius 2 is 0.816 bits per heavy atom. The van der Waals surface area contributed by atoms with Crippen molar-refractivity contribution in [2.24, 2.45) is 0 Å². The Balaban J connectivity index is 2.79. The van der Waals surface area contributed by atoms with Crippen LogP contribution in [0.4, 0.5) is 80.3 Å². The second kappa shape index (κ2) is 8.66. The fourth-order valence-electron chi connectivity index (χ4n) is 3.28. The molecule has 0 aliphatic rings. The first-order chi connectivity index (χ1) is 16.7. The molecule has 0 aliphatic carbocycles. The van der Waals surface area contributed by atoms with Crippen molar-refractivity contribution in [3.05, 3.63) is 42.0 Å². The van der Waals surface area contributed by atoms with Crippen LogP contribution in [-0.2, 0) is 5.92 Å². The Hall–Kier alpha value is -2.69. The first-order valence-corrected chi connectivity index (χ1v) is 9.57. The van der Waals surface area contributed by atoms with E-state index in [0.717, 1.165) is 18.2 Å². The SMILES string of the molecule is CN(C)c1ccc(C(F)(F)C(F)(F)C(F)(F)C(F)(F)C(F)(F)C(F)(F)C(F)(F)C(F)(F)F)c2ccccc12. The highest BCUT2D eigenvalue weighted by Crippen LogP contribution is 2.65. The Labute approximate surface area is 200 Å². The van der Waals surface area contributed by atoms with E-state index in [0.29, 0.717) is 12.1 Å². The van der Waals surface area contributed by atoms with Gasteiger partial charge < -0.3 is 4.90 Å². The first-order valence-electron chi connectivity index (χ1n) is 9.57. The lowest BCUT2D eigenvalue weighted by Crippen LogP contribution is -2.74. The van der Waals surface area contributed by atoms with Crippen LogP contribution in [0.1, 0.15) is 5.56 Å². The van der Waals surface area contributed by atoms with Crippen LogP contribution in [0.2, 0.25) is 0 Å². The smallest absolute Gasteiger partial charge is 0.377 e. The van der Waals surface area contributed by atoms with Crippen molar-refractivity contribution in [3.8, 4) is 0 Å². The van der Waals surface area contributed by atoms with Crippen LogP contribution in [0, 0.1) is 0 Å². The second-order valence-corrected chi connectivity index (χ2v) is 8.09. The summed E-state index contributed by atoms with van der Waals surface area (Å²) in [7, 11) is 2.59. The Bertz CT molecular complexity index is 1180. The van der Waals surface area contributed by atoms with Crippen LogP contribution in [-0.4, -0.2) is 55.8 Å². The van der Waals surface area contributed by atoms with Crippen molar-refractivity contribution in [1.82, 2.24) is 0 Å². The molecule has 18 heteroatoms. The van der Waals surface area contributed by atoms with Crippen LogP contribution in [0.5, 0.6) is 0 Å². The molecular formula is C20H12F17N. The zero-order chi connectivity index (χ0) is 30.1. The van der Waals surface area contributed by atoms with Gasteiger partial charge in [0.1, 0.15) is 0 Å². The van der Waals surface area contributed by atoms with Gasteiger partial charge in [-0.25, -0.2) is 0 Å². The monoisotopic (exact) mass is 589 g/mol. The molecule has 0 saturated carbocycles. The van der Waals surface area contributed by atoms with E-state index >= 15 is 0 Å². The largest absolute Gasteiger partial charge is 0.460 e. The van der Waals surface area contributed by atoms with Crippen molar-refractivity contribution in [2.75, 3.05) is 19.0 Å². The van der Waals surface area contributed by atoms with E-state index < -0.39 is 64.0 Å². The minimum atomic E-state index is -8.65. The summed E-state index contributed by atoms with van der Waals surface area (Å²) in [5.74, 6) is -56.7. The van der Waals surface area contributed by atoms with E-state index in [-0.39, 0.29) is 11.8 Å². The molecule has 0 aromatic heterocycles. The van der Waals surface area contributed by atoms with Gasteiger partial charge in [0.25, 0.3) is 0 Å². The molecule has 0 N–H and O–H groups in total. The Morgan fingerprint density at radius 3 is 1.21 bits per heavy atom. The number of hydrogen-bond donors (Lipinski definition) is 0. The number of fused-ring (bicyclic) bond motifs is 1. The van der Waals surface area contributed by atoms with Crippen LogP contribution >= 0.6 is 0 Å². The van der Waals surface area contributed by atoms with E-state index in [1.54, 1.807) is 0 Å². The van der Waals surface area contributed by atoms with E-state index in [2.05, 4.69) is 0 Å². The summed E-state index contributed by atoms with van der Waals surface area (Å²) in [5, 5.41) is -1.44. The third-order valence-electron chi connectivity index (χ3n) is 5.44. The zero-order valence-electron chi connectivity index (χ0n) is 18.3. The van der Waals surface area contributed by atoms with Gasteiger partial charge in [-0.1, -0.05) is 30.3 Å². The first kappa shape index (κ1) is 31.5. The summed E-state index contributed by atoms with van der Waals surface area (Å²) < 4.78 is 231. The summed E-state index contributed by atoms with van der Waals surface area (Å²) >= 11 is 0.